The van der Waals surface area contributed by atoms with Gasteiger partial charge in [0.25, 0.3) is 0 Å². The Morgan fingerprint density at radius 3 is 0.821 bits per heavy atom. The third-order valence-corrected chi connectivity index (χ3v) is 7.85. The van der Waals surface area contributed by atoms with Gasteiger partial charge in [-0.05, 0) is 6.42 Å². The number of unbranched alkanes of at least 4 members (excludes halogenated alkanes) is 24. The fourth-order valence-electron chi connectivity index (χ4n) is 4.46. The van der Waals surface area contributed by atoms with Gasteiger partial charge in [-0.25, -0.2) is 0 Å². The van der Waals surface area contributed by atoms with E-state index in [0.29, 0.717) is 6.61 Å². The molecule has 0 rings (SSSR count). The van der Waals surface area contributed by atoms with Crippen LogP contribution in [0.1, 0.15) is 181 Å². The molecule has 0 aliphatic carbocycles. The quantitative estimate of drug-likeness (QED) is 0.0555. The van der Waals surface area contributed by atoms with Gasteiger partial charge in [-0.2, -0.15) is 0 Å². The van der Waals surface area contributed by atoms with Crippen molar-refractivity contribution in [3.63, 3.8) is 0 Å². The molecule has 0 aliphatic rings. The normalized spacial score (nSPS) is 10.5. The first-order chi connectivity index (χ1) is 18.6. The molecule has 4 nitrogen and oxygen atoms in total. The van der Waals surface area contributed by atoms with Crippen LogP contribution < -0.4 is 0 Å². The molecule has 0 bridgehead atoms. The minimum atomic E-state index is -0.954. The molecule has 0 heterocycles. The summed E-state index contributed by atoms with van der Waals surface area (Å²) >= 11 is 1.41. The second-order valence-corrected chi connectivity index (χ2v) is 12.2. The van der Waals surface area contributed by atoms with E-state index in [4.69, 9.17) is 20.4 Å². The van der Waals surface area contributed by atoms with Crippen LogP contribution in [0.2, 0.25) is 3.67 Å². The van der Waals surface area contributed by atoms with Crippen molar-refractivity contribution in [3.8, 4) is 0 Å². The van der Waals surface area contributed by atoms with Crippen LogP contribution in [0.15, 0.2) is 0 Å². The summed E-state index contributed by atoms with van der Waals surface area (Å²) < 4.78 is 1.51. The van der Waals surface area contributed by atoms with E-state index in [0.717, 1.165) is 6.42 Å². The third-order valence-electron chi connectivity index (χ3n) is 7.14. The molecule has 0 aromatic carbocycles. The fraction of sp³-hybridized carbons (Fsp3) is 1.00. The van der Waals surface area contributed by atoms with Gasteiger partial charge in [-0.1, -0.05) is 103 Å². The molecular weight excluding hydrogens is 506 g/mol. The molecule has 0 unspecified atom stereocenters. The Morgan fingerprint density at radius 2 is 0.641 bits per heavy atom. The maximum absolute atomic E-state index is 8.67. The van der Waals surface area contributed by atoms with Crippen LogP contribution in [0.5, 0.6) is 0 Å². The van der Waals surface area contributed by atoms with E-state index in [9.17, 15) is 0 Å². The summed E-state index contributed by atoms with van der Waals surface area (Å²) in [6.07, 6.45) is 36.0. The van der Waals surface area contributed by atoms with E-state index in [1.807, 2.05) is 0 Å². The summed E-state index contributed by atoms with van der Waals surface area (Å²) in [6, 6.07) is 0. The van der Waals surface area contributed by atoms with E-state index < -0.39 is 6.10 Å². The van der Waals surface area contributed by atoms with Crippen molar-refractivity contribution in [2.75, 3.05) is 19.8 Å². The van der Waals surface area contributed by atoms with Crippen LogP contribution in [-0.2, 0) is 0 Å². The molecule has 0 atom stereocenters. The summed E-state index contributed by atoms with van der Waals surface area (Å²) in [5.74, 6) is 0. The van der Waals surface area contributed by atoms with E-state index in [2.05, 4.69) is 13.8 Å². The first kappa shape index (κ1) is 47.8. The zero-order valence-electron chi connectivity index (χ0n) is 26.6. The van der Waals surface area contributed by atoms with Crippen molar-refractivity contribution in [2.45, 2.75) is 191 Å². The standard InChI is InChI=1S/C18H38O.C12H25.C3H8O3.2Na.H/c1-2-3-4-5-6-7-8-9-10-11-12-13-14-15-16-17-18-19;1-3-5-7-9-11-12-10-8-6-4-2;4-1-3(6)2-5;;;/h19H,2-18H2,1H3;1,3-12H2,2H3;3-6H,1-2H2;;;. The van der Waals surface area contributed by atoms with E-state index in [1.54, 1.807) is 0 Å². The van der Waals surface area contributed by atoms with Gasteiger partial charge >= 0.3 is 132 Å². The average molecular weight is 579 g/mol. The van der Waals surface area contributed by atoms with Crippen molar-refractivity contribution >= 4 is 57.5 Å². The van der Waals surface area contributed by atoms with Gasteiger partial charge in [-0.15, -0.1) is 0 Å². The van der Waals surface area contributed by atoms with E-state index in [-0.39, 0.29) is 42.8 Å². The van der Waals surface area contributed by atoms with Crippen LogP contribution in [0.4, 0.5) is 0 Å². The molecule has 0 fully saturated rings. The number of hydrogen-bond donors (Lipinski definition) is 4. The van der Waals surface area contributed by atoms with Gasteiger partial charge in [0.15, 0.2) is 0 Å². The van der Waals surface area contributed by atoms with Crippen LogP contribution >= 0.6 is 0 Å². The minimum absolute atomic E-state index is 0. The number of hydrogen-bond acceptors (Lipinski definition) is 4. The number of rotatable bonds is 28. The van der Waals surface area contributed by atoms with Crippen LogP contribution in [-0.4, -0.2) is 104 Å². The van der Waals surface area contributed by atoms with Crippen molar-refractivity contribution in [1.82, 2.24) is 0 Å². The Kier molecular flexibility index (Phi) is 60.6. The molecule has 0 aliphatic heterocycles. The van der Waals surface area contributed by atoms with E-state index in [1.165, 1.54) is 192 Å². The maximum atomic E-state index is 8.67. The first-order valence-electron chi connectivity index (χ1n) is 17.1. The summed E-state index contributed by atoms with van der Waals surface area (Å²) in [7, 11) is 0. The molecule has 0 aromatic heterocycles. The molecule has 0 spiro atoms. The Bertz CT molecular complexity index is 333. The van der Waals surface area contributed by atoms with Gasteiger partial charge in [0.2, 0.25) is 0 Å². The monoisotopic (exact) mass is 579 g/mol. The molecule has 4 N–H and O–H groups in total. The number of aliphatic hydroxyl groups is 4. The zero-order valence-corrected chi connectivity index (χ0v) is 28.6. The molecule has 39 heavy (non-hydrogen) atoms. The van der Waals surface area contributed by atoms with Crippen LogP contribution in [0.25, 0.3) is 0 Å². The van der Waals surface area contributed by atoms with Crippen LogP contribution in [0.3, 0.4) is 0 Å². The molecule has 0 saturated carbocycles. The Hall–Kier alpha value is 1.84. The van der Waals surface area contributed by atoms with Crippen LogP contribution in [0, 0.1) is 0 Å². The van der Waals surface area contributed by atoms with Crippen molar-refractivity contribution < 1.29 is 20.4 Å². The summed E-state index contributed by atoms with van der Waals surface area (Å²) in [5, 5.41) is 32.7. The first-order valence-corrected chi connectivity index (χ1v) is 18.6. The Balaban J connectivity index is -0.000000265. The van der Waals surface area contributed by atoms with Gasteiger partial charge in [0, 0.05) is 6.61 Å². The molecule has 6 heteroatoms. The predicted octanol–water partition coefficient (Wildman–Crippen LogP) is 8.42. The predicted molar refractivity (Wildman–Crippen MR) is 176 cm³/mol. The van der Waals surface area contributed by atoms with Gasteiger partial charge < -0.3 is 20.4 Å². The molecule has 0 radical (unpaired) electrons. The number of aliphatic hydroxyl groups excluding tert-OH is 4. The summed E-state index contributed by atoms with van der Waals surface area (Å²) in [5.41, 5.74) is 0. The Labute approximate surface area is 286 Å². The second kappa shape index (κ2) is 49.5. The van der Waals surface area contributed by atoms with Gasteiger partial charge in [-0.3, -0.25) is 0 Å². The van der Waals surface area contributed by atoms with Crippen molar-refractivity contribution in [2.24, 2.45) is 0 Å². The SMILES string of the molecule is CCCCCCCCCCCCCCCCCCO.CCCCCCCCCCC[CH2][Na].OCC(O)CO.[NaH]. The topological polar surface area (TPSA) is 80.9 Å². The van der Waals surface area contributed by atoms with Crippen molar-refractivity contribution in [3.05, 3.63) is 0 Å². The van der Waals surface area contributed by atoms with Gasteiger partial charge in [0.05, 0.1) is 13.2 Å². The summed E-state index contributed by atoms with van der Waals surface area (Å²) in [4.78, 5) is 0. The molecule has 0 amide bonds. The van der Waals surface area contributed by atoms with Gasteiger partial charge in [0.1, 0.15) is 6.10 Å². The zero-order chi connectivity index (χ0) is 28.8. The third kappa shape index (κ3) is 56.3. The molecule has 0 saturated heterocycles. The summed E-state index contributed by atoms with van der Waals surface area (Å²) in [6.45, 7) is 4.21. The van der Waals surface area contributed by atoms with E-state index >= 15 is 0 Å². The Morgan fingerprint density at radius 1 is 0.410 bits per heavy atom. The molecular formula is C33H72Na2O4. The molecule has 0 aromatic rings. The average Bonchev–Trinajstić information content (AvgIpc) is 2.94. The molecule has 230 valence electrons. The fourth-order valence-corrected chi connectivity index (χ4v) is 4.96. The van der Waals surface area contributed by atoms with Crippen molar-refractivity contribution in [1.29, 1.82) is 0 Å². The second-order valence-electron chi connectivity index (χ2n) is 11.2.